The van der Waals surface area contributed by atoms with E-state index in [-0.39, 0.29) is 12.4 Å². The fourth-order valence-corrected chi connectivity index (χ4v) is 2.81. The van der Waals surface area contributed by atoms with Gasteiger partial charge in [-0.05, 0) is 37.6 Å². The molecule has 0 spiro atoms. The number of benzene rings is 1. The molecule has 0 aliphatic rings. The number of aromatic nitrogens is 1. The molecule has 0 saturated heterocycles. The van der Waals surface area contributed by atoms with Crippen molar-refractivity contribution in [1.82, 2.24) is 4.98 Å². The molecule has 5 nitrogen and oxygen atoms in total. The van der Waals surface area contributed by atoms with Gasteiger partial charge in [-0.2, -0.15) is 0 Å². The third kappa shape index (κ3) is 3.30. The van der Waals surface area contributed by atoms with E-state index in [0.29, 0.717) is 12.0 Å². The molecule has 0 aliphatic carbocycles. The molecule has 0 unspecified atom stereocenters. The molecule has 1 aromatic carbocycles. The Morgan fingerprint density at radius 2 is 2.20 bits per heavy atom. The monoisotopic (exact) mass is 296 g/mol. The first-order chi connectivity index (χ1) is 9.47. The molecule has 2 rings (SSSR count). The van der Waals surface area contributed by atoms with Crippen molar-refractivity contribution in [2.75, 3.05) is 6.61 Å². The van der Waals surface area contributed by atoms with Gasteiger partial charge in [0.25, 0.3) is 5.09 Å². The van der Waals surface area contributed by atoms with Gasteiger partial charge in [-0.15, -0.1) is 21.5 Å². The summed E-state index contributed by atoms with van der Waals surface area (Å²) in [4.78, 5) is 19.8. The quantitative estimate of drug-likeness (QED) is 0.627. The number of thiazole rings is 1. The molecule has 106 valence electrons. The van der Waals surface area contributed by atoms with Crippen LogP contribution < -0.4 is 0 Å². The van der Waals surface area contributed by atoms with Crippen LogP contribution in [0.15, 0.2) is 18.2 Å². The molecule has 1 aromatic heterocycles. The van der Waals surface area contributed by atoms with Gasteiger partial charge in [0.05, 0.1) is 5.69 Å². The van der Waals surface area contributed by atoms with Crippen LogP contribution in [0.3, 0.4) is 0 Å². The van der Waals surface area contributed by atoms with Crippen LogP contribution >= 0.6 is 11.3 Å². The highest BCUT2D eigenvalue weighted by atomic mass is 32.1. The summed E-state index contributed by atoms with van der Waals surface area (Å²) in [5, 5.41) is 10.1. The first-order valence-electron chi connectivity index (χ1n) is 5.97. The van der Waals surface area contributed by atoms with Gasteiger partial charge in [0, 0.05) is 16.9 Å². The number of rotatable bonds is 5. The molecule has 0 N–H and O–H groups in total. The Hall–Kier alpha value is -2.02. The maximum Gasteiger partial charge on any atom is 0.294 e. The van der Waals surface area contributed by atoms with E-state index in [0.717, 1.165) is 21.1 Å². The Bertz CT molecular complexity index is 643. The molecule has 2 aromatic rings. The maximum absolute atomic E-state index is 13.2. The van der Waals surface area contributed by atoms with Gasteiger partial charge < -0.3 is 4.84 Å². The lowest BCUT2D eigenvalue weighted by Gasteiger charge is -1.99. The Balaban J connectivity index is 2.17. The van der Waals surface area contributed by atoms with Gasteiger partial charge in [0.2, 0.25) is 0 Å². The maximum atomic E-state index is 13.2. The van der Waals surface area contributed by atoms with E-state index in [1.165, 1.54) is 17.4 Å². The predicted octanol–water partition coefficient (Wildman–Crippen LogP) is 3.32. The minimum absolute atomic E-state index is 0.0118. The van der Waals surface area contributed by atoms with E-state index >= 15 is 0 Å². The smallest absolute Gasteiger partial charge is 0.294 e. The van der Waals surface area contributed by atoms with Gasteiger partial charge in [-0.1, -0.05) is 0 Å². The molecule has 0 fully saturated rings. The van der Waals surface area contributed by atoms with Gasteiger partial charge in [0.1, 0.15) is 17.4 Å². The minimum Gasteiger partial charge on any atom is -0.314 e. The van der Waals surface area contributed by atoms with Crippen LogP contribution in [0.5, 0.6) is 0 Å². The first kappa shape index (κ1) is 14.4. The van der Waals surface area contributed by atoms with Crippen LogP contribution in [0.1, 0.15) is 16.1 Å². The lowest BCUT2D eigenvalue weighted by molar-refractivity contribution is -0.757. The summed E-state index contributed by atoms with van der Waals surface area (Å²) in [7, 11) is 0. The van der Waals surface area contributed by atoms with E-state index < -0.39 is 5.09 Å². The van der Waals surface area contributed by atoms with E-state index in [2.05, 4.69) is 9.82 Å². The SMILES string of the molecule is Cc1cc(-c2nc(C)c(CCO[N+](=O)[O-])s2)ccc1F. The predicted molar refractivity (Wildman–Crippen MR) is 73.6 cm³/mol. The van der Waals surface area contributed by atoms with Gasteiger partial charge in [-0.3, -0.25) is 0 Å². The Labute approximate surface area is 119 Å². The zero-order valence-corrected chi connectivity index (χ0v) is 11.9. The first-order valence-corrected chi connectivity index (χ1v) is 6.79. The molecule has 0 radical (unpaired) electrons. The van der Waals surface area contributed by atoms with Crippen molar-refractivity contribution < 1.29 is 14.3 Å². The highest BCUT2D eigenvalue weighted by Crippen LogP contribution is 2.29. The summed E-state index contributed by atoms with van der Waals surface area (Å²) in [5.74, 6) is -0.248. The van der Waals surface area contributed by atoms with Crippen LogP contribution in [0, 0.1) is 29.8 Å². The lowest BCUT2D eigenvalue weighted by atomic mass is 10.1. The number of hydrogen-bond donors (Lipinski definition) is 0. The van der Waals surface area contributed by atoms with Crippen molar-refractivity contribution in [2.24, 2.45) is 0 Å². The molecule has 0 saturated carbocycles. The van der Waals surface area contributed by atoms with E-state index in [9.17, 15) is 14.5 Å². The third-order valence-electron chi connectivity index (χ3n) is 2.82. The fraction of sp³-hybridized carbons (Fsp3) is 0.308. The average molecular weight is 296 g/mol. The van der Waals surface area contributed by atoms with Gasteiger partial charge >= 0.3 is 0 Å². The van der Waals surface area contributed by atoms with E-state index in [1.807, 2.05) is 6.92 Å². The second-order valence-electron chi connectivity index (χ2n) is 4.30. The highest BCUT2D eigenvalue weighted by Gasteiger charge is 2.11. The summed E-state index contributed by atoms with van der Waals surface area (Å²) in [5.41, 5.74) is 2.23. The summed E-state index contributed by atoms with van der Waals surface area (Å²) < 4.78 is 13.2. The molecule has 20 heavy (non-hydrogen) atoms. The minimum atomic E-state index is -0.805. The number of halogens is 1. The molecule has 0 aliphatic heterocycles. The van der Waals surface area contributed by atoms with E-state index in [4.69, 9.17) is 0 Å². The zero-order valence-electron chi connectivity index (χ0n) is 11.1. The normalized spacial score (nSPS) is 10.6. The van der Waals surface area contributed by atoms with Crippen molar-refractivity contribution >= 4 is 11.3 Å². The Morgan fingerprint density at radius 3 is 2.85 bits per heavy atom. The second kappa shape index (κ2) is 5.96. The number of nitrogens with zero attached hydrogens (tertiary/aromatic N) is 2. The van der Waals surface area contributed by atoms with Crippen LogP contribution in [-0.2, 0) is 11.3 Å². The van der Waals surface area contributed by atoms with Crippen molar-refractivity contribution in [2.45, 2.75) is 20.3 Å². The molecular formula is C13H13FN2O3S. The summed E-state index contributed by atoms with van der Waals surface area (Å²) in [6, 6.07) is 4.83. The molecule has 0 atom stereocenters. The van der Waals surface area contributed by atoms with Crippen LogP contribution in [-0.4, -0.2) is 16.7 Å². The van der Waals surface area contributed by atoms with Crippen molar-refractivity contribution in [3.8, 4) is 10.6 Å². The second-order valence-corrected chi connectivity index (χ2v) is 5.38. The summed E-state index contributed by atoms with van der Waals surface area (Å²) in [6.45, 7) is 3.56. The highest BCUT2D eigenvalue weighted by molar-refractivity contribution is 7.15. The average Bonchev–Trinajstić information content (AvgIpc) is 2.74. The Morgan fingerprint density at radius 1 is 1.45 bits per heavy atom. The Kier molecular flexibility index (Phi) is 4.29. The topological polar surface area (TPSA) is 65.3 Å². The van der Waals surface area contributed by atoms with Crippen LogP contribution in [0.2, 0.25) is 0 Å². The standard InChI is InChI=1S/C13H13FN2O3S/c1-8-7-10(3-4-11(8)14)13-15-9(2)12(20-13)5-6-19-16(17)18/h3-4,7H,5-6H2,1-2H3. The van der Waals surface area contributed by atoms with Crippen LogP contribution in [0.4, 0.5) is 4.39 Å². The fourth-order valence-electron chi connectivity index (χ4n) is 1.77. The van der Waals surface area contributed by atoms with Gasteiger partial charge in [-0.25, -0.2) is 9.37 Å². The van der Waals surface area contributed by atoms with E-state index in [1.54, 1.807) is 19.1 Å². The number of aryl methyl sites for hydroxylation is 2. The van der Waals surface area contributed by atoms with Crippen LogP contribution in [0.25, 0.3) is 10.6 Å². The number of hydrogen-bond acceptors (Lipinski definition) is 5. The molecule has 0 bridgehead atoms. The summed E-state index contributed by atoms with van der Waals surface area (Å²) in [6.07, 6.45) is 0.435. The molecule has 7 heteroatoms. The molecule has 0 amide bonds. The van der Waals surface area contributed by atoms with Gasteiger partial charge in [0.15, 0.2) is 0 Å². The zero-order chi connectivity index (χ0) is 14.7. The largest absolute Gasteiger partial charge is 0.314 e. The van der Waals surface area contributed by atoms with Crippen molar-refractivity contribution in [3.05, 3.63) is 50.3 Å². The van der Waals surface area contributed by atoms with Crippen molar-refractivity contribution in [1.29, 1.82) is 0 Å². The van der Waals surface area contributed by atoms with Crippen molar-refractivity contribution in [3.63, 3.8) is 0 Å². The third-order valence-corrected chi connectivity index (χ3v) is 4.09. The molecule has 1 heterocycles. The summed E-state index contributed by atoms with van der Waals surface area (Å²) >= 11 is 1.44. The lowest BCUT2D eigenvalue weighted by Crippen LogP contribution is -2.04. The molecular weight excluding hydrogens is 283 g/mol.